The highest BCUT2D eigenvalue weighted by molar-refractivity contribution is 9.10. The van der Waals surface area contributed by atoms with E-state index >= 15 is 0 Å². The van der Waals surface area contributed by atoms with Crippen molar-refractivity contribution in [2.45, 2.75) is 51.7 Å². The third-order valence-electron chi connectivity index (χ3n) is 4.08. The lowest BCUT2D eigenvalue weighted by molar-refractivity contribution is -0.150. The van der Waals surface area contributed by atoms with Gasteiger partial charge in [-0.1, -0.05) is 19.8 Å². The molecule has 0 spiro atoms. The van der Waals surface area contributed by atoms with Crippen LogP contribution in [-0.2, 0) is 14.3 Å². The maximum Gasteiger partial charge on any atom is 0.331 e. The molecule has 5 nitrogen and oxygen atoms in total. The third-order valence-corrected chi connectivity index (χ3v) is 4.51. The van der Waals surface area contributed by atoms with Gasteiger partial charge in [-0.25, -0.2) is 4.79 Å². The summed E-state index contributed by atoms with van der Waals surface area (Å²) < 4.78 is 11.0. The molecule has 0 radical (unpaired) electrons. The van der Waals surface area contributed by atoms with Crippen molar-refractivity contribution in [2.75, 3.05) is 0 Å². The molecule has 1 aromatic rings. The quantitative estimate of drug-likeness (QED) is 0.621. The van der Waals surface area contributed by atoms with Gasteiger partial charge in [-0.15, -0.1) is 0 Å². The molecule has 1 aromatic heterocycles. The molecule has 0 saturated heterocycles. The number of carbonyl (C=O) groups excluding carboxylic acids is 2. The number of esters is 1. The van der Waals surface area contributed by atoms with E-state index in [9.17, 15) is 9.59 Å². The molecule has 126 valence electrons. The van der Waals surface area contributed by atoms with Crippen LogP contribution in [0.15, 0.2) is 27.3 Å². The van der Waals surface area contributed by atoms with E-state index in [0.717, 1.165) is 19.3 Å². The number of ether oxygens (including phenoxy) is 1. The first kappa shape index (κ1) is 17.8. The van der Waals surface area contributed by atoms with Crippen molar-refractivity contribution in [3.63, 3.8) is 0 Å². The van der Waals surface area contributed by atoms with Crippen molar-refractivity contribution in [1.29, 1.82) is 0 Å². The van der Waals surface area contributed by atoms with E-state index in [1.54, 1.807) is 19.1 Å². The van der Waals surface area contributed by atoms with E-state index in [1.165, 1.54) is 18.6 Å². The first-order valence-corrected chi connectivity index (χ1v) is 8.69. The summed E-state index contributed by atoms with van der Waals surface area (Å²) in [7, 11) is 0. The zero-order chi connectivity index (χ0) is 16.8. The smallest absolute Gasteiger partial charge is 0.331 e. The molecule has 0 bridgehead atoms. The largest absolute Gasteiger partial charge is 0.450 e. The molecule has 1 aliphatic carbocycles. The highest BCUT2D eigenvalue weighted by atomic mass is 79.9. The van der Waals surface area contributed by atoms with Gasteiger partial charge < -0.3 is 14.5 Å². The number of amides is 1. The molecule has 6 heteroatoms. The predicted molar refractivity (Wildman–Crippen MR) is 90.6 cm³/mol. The molecule has 0 aromatic carbocycles. The lowest BCUT2D eigenvalue weighted by atomic mass is 9.86. The SMILES string of the molecule is C[C@H](OC(=O)/C=C/c1ccc(Br)o1)C(=O)N[C@@H]1CCCC[C@H]1C. The Morgan fingerprint density at radius 2 is 2.13 bits per heavy atom. The van der Waals surface area contributed by atoms with Crippen molar-refractivity contribution in [3.05, 3.63) is 28.6 Å². The Kier molecular flexibility index (Phi) is 6.45. The predicted octanol–water partition coefficient (Wildman–Crippen LogP) is 3.68. The summed E-state index contributed by atoms with van der Waals surface area (Å²) in [6.07, 6.45) is 6.39. The number of rotatable bonds is 5. The van der Waals surface area contributed by atoms with Gasteiger partial charge in [-0.3, -0.25) is 4.79 Å². The standard InChI is InChI=1S/C17H22BrNO4/c1-11-5-3-4-6-14(11)19-17(21)12(2)22-16(20)10-8-13-7-9-15(18)23-13/h7-12,14H,3-6H2,1-2H3,(H,19,21)/b10-8+/t11-,12+,14-/m1/s1. The van der Waals surface area contributed by atoms with E-state index in [2.05, 4.69) is 28.2 Å². The zero-order valence-electron chi connectivity index (χ0n) is 13.4. The van der Waals surface area contributed by atoms with Gasteiger partial charge in [-0.05, 0) is 59.8 Å². The van der Waals surface area contributed by atoms with E-state index in [0.29, 0.717) is 16.3 Å². The maximum absolute atomic E-state index is 12.1. The molecule has 1 amide bonds. The van der Waals surface area contributed by atoms with Gasteiger partial charge in [0.1, 0.15) is 5.76 Å². The summed E-state index contributed by atoms with van der Waals surface area (Å²) in [6, 6.07) is 3.62. The van der Waals surface area contributed by atoms with Crippen LogP contribution in [0, 0.1) is 5.92 Å². The first-order chi connectivity index (χ1) is 11.0. The monoisotopic (exact) mass is 383 g/mol. The van der Waals surface area contributed by atoms with Crippen molar-refractivity contribution in [2.24, 2.45) is 5.92 Å². The second-order valence-electron chi connectivity index (χ2n) is 5.93. The van der Waals surface area contributed by atoms with Crippen molar-refractivity contribution < 1.29 is 18.7 Å². The number of carbonyl (C=O) groups is 2. The van der Waals surface area contributed by atoms with Gasteiger partial charge in [0.25, 0.3) is 5.91 Å². The Bertz CT molecular complexity index is 581. The Balaban J connectivity index is 1.80. The highest BCUT2D eigenvalue weighted by Gasteiger charge is 2.25. The third kappa shape index (κ3) is 5.53. The molecule has 1 aliphatic rings. The lowest BCUT2D eigenvalue weighted by Crippen LogP contribution is -2.45. The zero-order valence-corrected chi connectivity index (χ0v) is 15.0. The van der Waals surface area contributed by atoms with Crippen molar-refractivity contribution in [1.82, 2.24) is 5.32 Å². The summed E-state index contributed by atoms with van der Waals surface area (Å²) in [6.45, 7) is 3.73. The second-order valence-corrected chi connectivity index (χ2v) is 6.71. The van der Waals surface area contributed by atoms with Crippen LogP contribution < -0.4 is 5.32 Å². The van der Waals surface area contributed by atoms with E-state index in [1.807, 2.05) is 0 Å². The van der Waals surface area contributed by atoms with Crippen molar-refractivity contribution in [3.8, 4) is 0 Å². The topological polar surface area (TPSA) is 68.5 Å². The van der Waals surface area contributed by atoms with Crippen LogP contribution in [-0.4, -0.2) is 24.0 Å². The van der Waals surface area contributed by atoms with E-state index < -0.39 is 12.1 Å². The molecule has 1 fully saturated rings. The van der Waals surface area contributed by atoms with Gasteiger partial charge >= 0.3 is 5.97 Å². The van der Waals surface area contributed by atoms with Gasteiger partial charge in [0.05, 0.1) is 0 Å². The summed E-state index contributed by atoms with van der Waals surface area (Å²) >= 11 is 3.18. The number of furan rings is 1. The number of hydrogen-bond donors (Lipinski definition) is 1. The summed E-state index contributed by atoms with van der Waals surface area (Å²) in [5.41, 5.74) is 0. The van der Waals surface area contributed by atoms with Crippen LogP contribution in [0.3, 0.4) is 0 Å². The fourth-order valence-electron chi connectivity index (χ4n) is 2.67. The fourth-order valence-corrected chi connectivity index (χ4v) is 2.98. The van der Waals surface area contributed by atoms with Crippen LogP contribution in [0.4, 0.5) is 0 Å². The molecule has 0 aliphatic heterocycles. The second kappa shape index (κ2) is 8.34. The van der Waals surface area contributed by atoms with Gasteiger partial charge in [-0.2, -0.15) is 0 Å². The van der Waals surface area contributed by atoms with E-state index in [4.69, 9.17) is 9.15 Å². The minimum Gasteiger partial charge on any atom is -0.450 e. The van der Waals surface area contributed by atoms with E-state index in [-0.39, 0.29) is 11.9 Å². The summed E-state index contributed by atoms with van der Waals surface area (Å²) in [5.74, 6) is 0.179. The van der Waals surface area contributed by atoms with Gasteiger partial charge in [0.2, 0.25) is 0 Å². The Morgan fingerprint density at radius 1 is 1.39 bits per heavy atom. The molecule has 0 unspecified atom stereocenters. The Hall–Kier alpha value is -1.56. The van der Waals surface area contributed by atoms with Crippen LogP contribution in [0.1, 0.15) is 45.3 Å². The van der Waals surface area contributed by atoms with Crippen LogP contribution >= 0.6 is 15.9 Å². The van der Waals surface area contributed by atoms with Gasteiger partial charge in [0, 0.05) is 12.1 Å². The molecule has 23 heavy (non-hydrogen) atoms. The van der Waals surface area contributed by atoms with Crippen LogP contribution in [0.5, 0.6) is 0 Å². The van der Waals surface area contributed by atoms with Crippen LogP contribution in [0.25, 0.3) is 6.08 Å². The number of nitrogens with one attached hydrogen (secondary N) is 1. The minimum absolute atomic E-state index is 0.174. The summed E-state index contributed by atoms with van der Waals surface area (Å²) in [5, 5.41) is 2.99. The molecule has 1 heterocycles. The average Bonchev–Trinajstić information content (AvgIpc) is 2.93. The lowest BCUT2D eigenvalue weighted by Gasteiger charge is -2.30. The molecular weight excluding hydrogens is 362 g/mol. The molecule has 1 N–H and O–H groups in total. The maximum atomic E-state index is 12.1. The number of hydrogen-bond acceptors (Lipinski definition) is 4. The molecule has 3 atom stereocenters. The van der Waals surface area contributed by atoms with Crippen molar-refractivity contribution >= 4 is 33.9 Å². The first-order valence-electron chi connectivity index (χ1n) is 7.90. The average molecular weight is 384 g/mol. The Morgan fingerprint density at radius 3 is 2.78 bits per heavy atom. The Labute approximate surface area is 144 Å². The molecular formula is C17H22BrNO4. The minimum atomic E-state index is -0.815. The number of halogens is 1. The highest BCUT2D eigenvalue weighted by Crippen LogP contribution is 2.23. The fraction of sp³-hybridized carbons (Fsp3) is 0.529. The molecule has 1 saturated carbocycles. The molecule has 2 rings (SSSR count). The van der Waals surface area contributed by atoms with Gasteiger partial charge in [0.15, 0.2) is 10.8 Å². The summed E-state index contributed by atoms with van der Waals surface area (Å²) in [4.78, 5) is 23.9. The van der Waals surface area contributed by atoms with Crippen LogP contribution in [0.2, 0.25) is 0 Å². The normalized spacial score (nSPS) is 22.7.